The minimum atomic E-state index is -2.23. The molecule has 1 heterocycles. The van der Waals surface area contributed by atoms with Crippen LogP contribution in [0.3, 0.4) is 0 Å². The molecule has 1 fully saturated rings. The van der Waals surface area contributed by atoms with Gasteiger partial charge in [0.15, 0.2) is 0 Å². The van der Waals surface area contributed by atoms with Crippen LogP contribution in [0, 0.1) is 5.92 Å². The first-order valence-electron chi connectivity index (χ1n) is 5.25. The summed E-state index contributed by atoms with van der Waals surface area (Å²) in [6.07, 6.45) is -1.26. The van der Waals surface area contributed by atoms with Crippen molar-refractivity contribution in [3.8, 4) is 0 Å². The number of piperidine rings is 1. The second-order valence-corrected chi connectivity index (χ2v) is 4.23. The summed E-state index contributed by atoms with van der Waals surface area (Å²) in [6.45, 7) is 5.28. The molecule has 0 spiro atoms. The van der Waals surface area contributed by atoms with Crippen LogP contribution < -0.4 is 5.32 Å². The van der Waals surface area contributed by atoms with Gasteiger partial charge in [0.05, 0.1) is 6.04 Å². The summed E-state index contributed by atoms with van der Waals surface area (Å²) >= 11 is 0. The van der Waals surface area contributed by atoms with E-state index in [0.717, 1.165) is 19.5 Å². The van der Waals surface area contributed by atoms with Gasteiger partial charge in [-0.15, -0.1) is 0 Å². The van der Waals surface area contributed by atoms with E-state index in [4.69, 9.17) is 0 Å². The van der Waals surface area contributed by atoms with Crippen LogP contribution in [0.5, 0.6) is 0 Å². The quantitative estimate of drug-likeness (QED) is 0.754. The molecule has 0 saturated carbocycles. The number of nitrogens with zero attached hydrogens (tertiary/aromatic N) is 1. The molecule has 1 saturated heterocycles. The van der Waals surface area contributed by atoms with Crippen LogP contribution in [0.1, 0.15) is 20.3 Å². The number of likely N-dealkylation sites (tertiary alicyclic amines) is 1. The van der Waals surface area contributed by atoms with E-state index in [2.05, 4.69) is 12.2 Å². The molecule has 1 aliphatic heterocycles. The molecule has 0 amide bonds. The van der Waals surface area contributed by atoms with Gasteiger partial charge in [0, 0.05) is 19.1 Å². The van der Waals surface area contributed by atoms with E-state index in [1.165, 1.54) is 0 Å². The van der Waals surface area contributed by atoms with Crippen molar-refractivity contribution >= 4 is 0 Å². The Kier molecular flexibility index (Phi) is 4.26. The summed E-state index contributed by atoms with van der Waals surface area (Å²) in [5, 5.41) is 3.23. The Morgan fingerprint density at radius 2 is 2.07 bits per heavy atom. The van der Waals surface area contributed by atoms with Crippen molar-refractivity contribution < 1.29 is 8.78 Å². The molecule has 1 N–H and O–H groups in total. The van der Waals surface area contributed by atoms with Gasteiger partial charge in [-0.05, 0) is 26.3 Å². The summed E-state index contributed by atoms with van der Waals surface area (Å²) < 4.78 is 24.9. The molecule has 0 aromatic rings. The number of hydrogen-bond donors (Lipinski definition) is 1. The first kappa shape index (κ1) is 11.9. The molecular weight excluding hydrogens is 186 g/mol. The molecule has 1 rings (SSSR count). The highest BCUT2D eigenvalue weighted by atomic mass is 19.3. The van der Waals surface area contributed by atoms with Crippen molar-refractivity contribution in [2.45, 2.75) is 38.8 Å². The normalized spacial score (nSPS) is 32.1. The van der Waals surface area contributed by atoms with Crippen molar-refractivity contribution in [3.05, 3.63) is 0 Å². The van der Waals surface area contributed by atoms with Crippen molar-refractivity contribution in [2.24, 2.45) is 5.92 Å². The Morgan fingerprint density at radius 1 is 1.43 bits per heavy atom. The largest absolute Gasteiger partial charge is 0.317 e. The Labute approximate surface area is 84.7 Å². The zero-order valence-corrected chi connectivity index (χ0v) is 9.13. The smallest absolute Gasteiger partial charge is 0.253 e. The molecular formula is C10H20F2N2. The van der Waals surface area contributed by atoms with Gasteiger partial charge < -0.3 is 5.32 Å². The Morgan fingerprint density at radius 3 is 2.50 bits per heavy atom. The molecule has 0 bridgehead atoms. The van der Waals surface area contributed by atoms with Crippen molar-refractivity contribution in [2.75, 3.05) is 20.1 Å². The number of alkyl halides is 2. The van der Waals surface area contributed by atoms with Gasteiger partial charge in [0.25, 0.3) is 6.43 Å². The van der Waals surface area contributed by atoms with Crippen molar-refractivity contribution in [1.29, 1.82) is 0 Å². The van der Waals surface area contributed by atoms with Gasteiger partial charge in [-0.3, -0.25) is 4.90 Å². The van der Waals surface area contributed by atoms with Gasteiger partial charge in [-0.1, -0.05) is 6.92 Å². The summed E-state index contributed by atoms with van der Waals surface area (Å²) in [4.78, 5) is 1.89. The summed E-state index contributed by atoms with van der Waals surface area (Å²) in [6, 6.07) is -0.119. The van der Waals surface area contributed by atoms with Crippen LogP contribution in [0.4, 0.5) is 8.78 Å². The molecule has 0 radical (unpaired) electrons. The number of rotatable bonds is 3. The van der Waals surface area contributed by atoms with Crippen LogP contribution >= 0.6 is 0 Å². The Bertz CT molecular complexity index is 176. The van der Waals surface area contributed by atoms with Crippen LogP contribution in [0.2, 0.25) is 0 Å². The van der Waals surface area contributed by atoms with Crippen LogP contribution in [-0.2, 0) is 0 Å². The van der Waals surface area contributed by atoms with Gasteiger partial charge >= 0.3 is 0 Å². The van der Waals surface area contributed by atoms with Gasteiger partial charge in [-0.25, -0.2) is 8.78 Å². The number of nitrogens with one attached hydrogen (secondary N) is 1. The highest BCUT2D eigenvalue weighted by Crippen LogP contribution is 2.20. The lowest BCUT2D eigenvalue weighted by atomic mass is 9.93. The second kappa shape index (κ2) is 5.03. The lowest BCUT2D eigenvalue weighted by Gasteiger charge is -2.39. The van der Waals surface area contributed by atoms with Crippen LogP contribution in [-0.4, -0.2) is 43.5 Å². The highest BCUT2D eigenvalue weighted by molar-refractivity contribution is 4.84. The summed E-state index contributed by atoms with van der Waals surface area (Å²) in [5.41, 5.74) is 0. The fraction of sp³-hybridized carbons (Fsp3) is 1.00. The summed E-state index contributed by atoms with van der Waals surface area (Å²) in [5.74, 6) is 0.454. The Hall–Kier alpha value is -0.220. The highest BCUT2D eigenvalue weighted by Gasteiger charge is 2.30. The molecule has 0 aliphatic carbocycles. The predicted octanol–water partition coefficient (Wildman–Crippen LogP) is 1.57. The zero-order valence-electron chi connectivity index (χ0n) is 9.13. The fourth-order valence-electron chi connectivity index (χ4n) is 2.14. The maximum absolute atomic E-state index is 12.5. The van der Waals surface area contributed by atoms with Crippen molar-refractivity contribution in [3.63, 3.8) is 0 Å². The van der Waals surface area contributed by atoms with Gasteiger partial charge in [0.2, 0.25) is 0 Å². The van der Waals surface area contributed by atoms with Crippen molar-refractivity contribution in [1.82, 2.24) is 10.2 Å². The standard InChI is InChI=1S/C10H20F2N2/c1-7-6-14(8(2)10(11)12)5-4-9(7)13-3/h7-10,13H,4-6H2,1-3H3. The third kappa shape index (κ3) is 2.64. The minimum Gasteiger partial charge on any atom is -0.317 e. The van der Waals surface area contributed by atoms with E-state index >= 15 is 0 Å². The molecule has 0 aromatic heterocycles. The minimum absolute atomic E-state index is 0.454. The van der Waals surface area contributed by atoms with E-state index in [1.807, 2.05) is 11.9 Å². The first-order valence-corrected chi connectivity index (χ1v) is 5.25. The number of hydrogen-bond acceptors (Lipinski definition) is 2. The molecule has 1 aliphatic rings. The third-order valence-corrected chi connectivity index (χ3v) is 3.25. The second-order valence-electron chi connectivity index (χ2n) is 4.23. The molecule has 3 unspecified atom stereocenters. The van der Waals surface area contributed by atoms with E-state index in [1.54, 1.807) is 6.92 Å². The SMILES string of the molecule is CNC1CCN(C(C)C(F)F)CC1C. The maximum atomic E-state index is 12.5. The topological polar surface area (TPSA) is 15.3 Å². The van der Waals surface area contributed by atoms with Gasteiger partial charge in [-0.2, -0.15) is 0 Å². The van der Waals surface area contributed by atoms with E-state index in [0.29, 0.717) is 12.0 Å². The average molecular weight is 206 g/mol. The first-order chi connectivity index (χ1) is 6.56. The van der Waals surface area contributed by atoms with Crippen LogP contribution in [0.15, 0.2) is 0 Å². The molecule has 0 aromatic carbocycles. The zero-order chi connectivity index (χ0) is 10.7. The molecule has 14 heavy (non-hydrogen) atoms. The molecule has 84 valence electrons. The fourth-order valence-corrected chi connectivity index (χ4v) is 2.14. The van der Waals surface area contributed by atoms with E-state index in [9.17, 15) is 8.78 Å². The maximum Gasteiger partial charge on any atom is 0.253 e. The predicted molar refractivity (Wildman–Crippen MR) is 53.7 cm³/mol. The lowest BCUT2D eigenvalue weighted by Crippen LogP contribution is -2.51. The van der Waals surface area contributed by atoms with E-state index in [-0.39, 0.29) is 0 Å². The summed E-state index contributed by atoms with van der Waals surface area (Å²) in [7, 11) is 1.94. The molecule has 2 nitrogen and oxygen atoms in total. The average Bonchev–Trinajstić information content (AvgIpc) is 2.16. The molecule has 3 atom stereocenters. The Balaban J connectivity index is 2.46. The number of halogens is 2. The lowest BCUT2D eigenvalue weighted by molar-refractivity contribution is 0.00910. The third-order valence-electron chi connectivity index (χ3n) is 3.25. The monoisotopic (exact) mass is 206 g/mol. The van der Waals surface area contributed by atoms with Crippen LogP contribution in [0.25, 0.3) is 0 Å². The van der Waals surface area contributed by atoms with E-state index < -0.39 is 12.5 Å². The molecule has 4 heteroatoms. The van der Waals surface area contributed by atoms with Gasteiger partial charge in [0.1, 0.15) is 0 Å².